The third-order valence-electron chi connectivity index (χ3n) is 10.4. The average molecular weight is 720 g/mol. The number of nitrogens with one attached hydrogen (secondary N) is 3. The first kappa shape index (κ1) is 37.9. The van der Waals surface area contributed by atoms with E-state index in [4.69, 9.17) is 4.74 Å². The Morgan fingerprint density at radius 1 is 1.06 bits per heavy atom. The molecule has 0 saturated heterocycles. The highest BCUT2D eigenvalue weighted by atomic mass is 19.4. The molecule has 5 amide bonds. The molecule has 4 N–H and O–H groups in total. The van der Waals surface area contributed by atoms with Gasteiger partial charge in [-0.2, -0.15) is 13.2 Å². The largest absolute Gasteiger partial charge is 0.479 e. The van der Waals surface area contributed by atoms with Crippen molar-refractivity contribution >= 4 is 29.9 Å². The lowest BCUT2D eigenvalue weighted by atomic mass is 9.95. The number of amides is 5. The minimum Gasteiger partial charge on any atom is -0.479 e. The highest BCUT2D eigenvalue weighted by molar-refractivity contribution is 5.94. The Hall–Kier alpha value is -4.30. The number of fused-ring (bicyclic) bond motifs is 2. The molecule has 1 aromatic carbocycles. The van der Waals surface area contributed by atoms with Crippen LogP contribution >= 0.6 is 0 Å². The van der Waals surface area contributed by atoms with E-state index in [1.165, 1.54) is 15.9 Å². The molecule has 1 aromatic rings. The van der Waals surface area contributed by atoms with Gasteiger partial charge in [0.1, 0.15) is 17.7 Å². The number of halogens is 3. The van der Waals surface area contributed by atoms with Crippen molar-refractivity contribution in [2.45, 2.75) is 120 Å². The standard InChI is InChI=1S/C36H48F3N5O7/c1-2-26(51-34(50)43-18-17-23-11-10-15-28(27(23)21-43)36(37,38)39)20-44-22-30(45)42-35(32(47)48)19-24(35)12-6-4-3-5-7-16-29(31(44)46)41-33(49)40-25-13-8-9-14-25/h6,10-12,15,24-26,29H,2-5,7-9,13-14,16-22H2,1H3,(H,42,45)(H,47,48)(H2,40,41,49)/b12-6-/t24-,26-,29+,35-/m1/s1. The normalized spacial score (nSPS) is 26.0. The van der Waals surface area contributed by atoms with Gasteiger partial charge in [-0.25, -0.2) is 14.4 Å². The Balaban J connectivity index is 1.34. The molecule has 4 atom stereocenters. The minimum absolute atomic E-state index is 0.00376. The van der Waals surface area contributed by atoms with Gasteiger partial charge in [-0.1, -0.05) is 56.9 Å². The van der Waals surface area contributed by atoms with Crippen molar-refractivity contribution in [2.75, 3.05) is 19.6 Å². The molecule has 2 saturated carbocycles. The van der Waals surface area contributed by atoms with Crippen molar-refractivity contribution in [3.8, 4) is 0 Å². The van der Waals surface area contributed by atoms with Gasteiger partial charge in [-0.3, -0.25) is 9.59 Å². The van der Waals surface area contributed by atoms with Crippen LogP contribution < -0.4 is 16.0 Å². The van der Waals surface area contributed by atoms with Crippen molar-refractivity contribution < 1.29 is 47.0 Å². The molecule has 12 nitrogen and oxygen atoms in total. The van der Waals surface area contributed by atoms with Crippen molar-refractivity contribution in [3.05, 3.63) is 47.0 Å². The van der Waals surface area contributed by atoms with Crippen molar-refractivity contribution in [1.82, 2.24) is 25.8 Å². The molecule has 4 aliphatic rings. The predicted octanol–water partition coefficient (Wildman–Crippen LogP) is 4.90. The number of hydrogen-bond donors (Lipinski definition) is 4. The molecule has 0 radical (unpaired) electrons. The van der Waals surface area contributed by atoms with Gasteiger partial charge in [0.2, 0.25) is 11.8 Å². The Morgan fingerprint density at radius 2 is 1.80 bits per heavy atom. The number of carbonyl (C=O) groups is 5. The number of rotatable bonds is 7. The van der Waals surface area contributed by atoms with Crippen LogP contribution in [0.15, 0.2) is 30.4 Å². The van der Waals surface area contributed by atoms with Gasteiger partial charge in [0, 0.05) is 25.0 Å². The van der Waals surface area contributed by atoms with Crippen LogP contribution in [0.1, 0.15) is 94.2 Å². The van der Waals surface area contributed by atoms with E-state index in [2.05, 4.69) is 16.0 Å². The van der Waals surface area contributed by atoms with E-state index in [1.807, 2.05) is 6.08 Å². The fraction of sp³-hybridized carbons (Fsp3) is 0.639. The van der Waals surface area contributed by atoms with Crippen LogP contribution in [0, 0.1) is 5.92 Å². The molecule has 15 heteroatoms. The first-order chi connectivity index (χ1) is 24.3. The second-order valence-electron chi connectivity index (χ2n) is 14.1. The van der Waals surface area contributed by atoms with Crippen molar-refractivity contribution in [3.63, 3.8) is 0 Å². The van der Waals surface area contributed by atoms with Crippen LogP contribution in [0.2, 0.25) is 0 Å². The molecular formula is C36H48F3N5O7. The summed E-state index contributed by atoms with van der Waals surface area (Å²) in [5.41, 5.74) is -1.81. The molecule has 2 fully saturated rings. The molecular weight excluding hydrogens is 671 g/mol. The highest BCUT2D eigenvalue weighted by Gasteiger charge is 2.60. The monoisotopic (exact) mass is 719 g/mol. The SMILES string of the molecule is CC[C@H](CN1CC(=O)N[C@]2(C(=O)O)C[C@H]2/C=C\CCCCC[C@H](NC(=O)NC2CCCC2)C1=O)OC(=O)N1CCc2cccc(C(F)(F)F)c2C1. The number of allylic oxidation sites excluding steroid dienone is 1. The van der Waals surface area contributed by atoms with E-state index in [0.29, 0.717) is 18.4 Å². The number of urea groups is 1. The lowest BCUT2D eigenvalue weighted by Crippen LogP contribution is -2.56. The number of alkyl halides is 3. The summed E-state index contributed by atoms with van der Waals surface area (Å²) in [5, 5.41) is 18.3. The third kappa shape index (κ3) is 9.53. The van der Waals surface area contributed by atoms with Crippen LogP contribution in [0.25, 0.3) is 0 Å². The maximum Gasteiger partial charge on any atom is 0.416 e. The maximum absolute atomic E-state index is 14.2. The number of aliphatic carboxylic acids is 1. The Bertz CT molecular complexity index is 1500. The summed E-state index contributed by atoms with van der Waals surface area (Å²) in [7, 11) is 0. The topological polar surface area (TPSA) is 157 Å². The highest BCUT2D eigenvalue weighted by Crippen LogP contribution is 2.45. The number of carboxylic acids is 1. The second kappa shape index (κ2) is 16.4. The van der Waals surface area contributed by atoms with Gasteiger partial charge >= 0.3 is 24.3 Å². The van der Waals surface area contributed by atoms with Gasteiger partial charge < -0.3 is 35.6 Å². The molecule has 0 spiro atoms. The predicted molar refractivity (Wildman–Crippen MR) is 179 cm³/mol. The molecule has 51 heavy (non-hydrogen) atoms. The van der Waals surface area contributed by atoms with Crippen LogP contribution in [0.5, 0.6) is 0 Å². The summed E-state index contributed by atoms with van der Waals surface area (Å²) < 4.78 is 47.0. The molecule has 0 aromatic heterocycles. The first-order valence-electron chi connectivity index (χ1n) is 18.0. The van der Waals surface area contributed by atoms with E-state index in [9.17, 15) is 42.3 Å². The van der Waals surface area contributed by atoms with Crippen LogP contribution in [-0.4, -0.2) is 88.2 Å². The smallest absolute Gasteiger partial charge is 0.416 e. The van der Waals surface area contributed by atoms with E-state index < -0.39 is 71.8 Å². The minimum atomic E-state index is -4.60. The van der Waals surface area contributed by atoms with Crippen LogP contribution in [0.3, 0.4) is 0 Å². The lowest BCUT2D eigenvalue weighted by Gasteiger charge is -2.33. The van der Waals surface area contributed by atoms with Gasteiger partial charge in [0.15, 0.2) is 0 Å². The summed E-state index contributed by atoms with van der Waals surface area (Å²) in [6.45, 7) is 0.698. The number of benzene rings is 1. The van der Waals surface area contributed by atoms with Crippen molar-refractivity contribution in [2.24, 2.45) is 5.92 Å². The number of nitrogens with zero attached hydrogens (tertiary/aromatic N) is 2. The third-order valence-corrected chi connectivity index (χ3v) is 10.4. The Labute approximate surface area is 295 Å². The number of carboxylic acid groups (broad SMARTS) is 1. The van der Waals surface area contributed by atoms with Gasteiger partial charge in [0.25, 0.3) is 0 Å². The summed E-state index contributed by atoms with van der Waals surface area (Å²) in [6.07, 6.45) is 4.66. The summed E-state index contributed by atoms with van der Waals surface area (Å²) in [5.74, 6) is -2.90. The average Bonchev–Trinajstić information content (AvgIpc) is 3.53. The quantitative estimate of drug-likeness (QED) is 0.292. The number of ether oxygens (including phenoxy) is 1. The van der Waals surface area contributed by atoms with Gasteiger partial charge in [0.05, 0.1) is 18.7 Å². The molecule has 2 aliphatic heterocycles. The lowest BCUT2D eigenvalue weighted by molar-refractivity contribution is -0.144. The fourth-order valence-corrected chi connectivity index (χ4v) is 7.35. The Kier molecular flexibility index (Phi) is 12.2. The molecule has 0 bridgehead atoms. The fourth-order valence-electron chi connectivity index (χ4n) is 7.35. The summed E-state index contributed by atoms with van der Waals surface area (Å²) in [4.78, 5) is 68.7. The second-order valence-corrected chi connectivity index (χ2v) is 14.1. The Morgan fingerprint density at radius 3 is 2.51 bits per heavy atom. The van der Waals surface area contributed by atoms with Crippen molar-refractivity contribution in [1.29, 1.82) is 0 Å². The molecule has 280 valence electrons. The van der Waals surface area contributed by atoms with E-state index in [-0.39, 0.29) is 56.9 Å². The van der Waals surface area contributed by atoms with E-state index >= 15 is 0 Å². The van der Waals surface area contributed by atoms with E-state index in [1.54, 1.807) is 19.1 Å². The zero-order valence-electron chi connectivity index (χ0n) is 28.9. The summed E-state index contributed by atoms with van der Waals surface area (Å²) in [6, 6.07) is 2.40. The van der Waals surface area contributed by atoms with Crippen LogP contribution in [0.4, 0.5) is 22.8 Å². The number of hydrogen-bond acceptors (Lipinski definition) is 6. The van der Waals surface area contributed by atoms with E-state index in [0.717, 1.165) is 44.6 Å². The molecule has 2 aliphatic carbocycles. The number of carbonyl (C=O) groups excluding carboxylic acids is 4. The van der Waals surface area contributed by atoms with Gasteiger partial charge in [-0.15, -0.1) is 0 Å². The van der Waals surface area contributed by atoms with Gasteiger partial charge in [-0.05, 0) is 68.6 Å². The summed E-state index contributed by atoms with van der Waals surface area (Å²) >= 11 is 0. The maximum atomic E-state index is 14.2. The first-order valence-corrected chi connectivity index (χ1v) is 18.0. The van der Waals surface area contributed by atoms with Crippen LogP contribution in [-0.2, 0) is 38.3 Å². The zero-order valence-corrected chi connectivity index (χ0v) is 28.9. The molecule has 2 heterocycles. The molecule has 5 rings (SSSR count). The molecule has 0 unspecified atom stereocenters. The zero-order chi connectivity index (χ0) is 36.8.